The molecule has 1 aromatic rings. The van der Waals surface area contributed by atoms with E-state index in [4.69, 9.17) is 5.39 Å². The Labute approximate surface area is 112 Å². The van der Waals surface area contributed by atoms with Crippen LogP contribution in [0.4, 0.5) is 11.4 Å². The predicted octanol–water partition coefficient (Wildman–Crippen LogP) is -0.189. The van der Waals surface area contributed by atoms with E-state index in [0.29, 0.717) is 5.56 Å². The van der Waals surface area contributed by atoms with Crippen LogP contribution in [0.1, 0.15) is 5.56 Å². The zero-order valence-electron chi connectivity index (χ0n) is 7.88. The standard InChI is InChI=1S/C7H6N3O2.2ClH.Zn/c1-5-2-3-6(10(11)12)4-7(5)9-8;;;/h2-4H,1H3;2*1H;/q+1;;;+2/p-1. The van der Waals surface area contributed by atoms with Gasteiger partial charge in [-0.15, -0.1) is 12.4 Å². The Morgan fingerprint density at radius 1 is 1.47 bits per heavy atom. The number of rotatable bonds is 1. The van der Waals surface area contributed by atoms with E-state index in [1.807, 2.05) is 0 Å². The smallest absolute Gasteiger partial charge is 1.00 e. The molecule has 0 N–H and O–H groups in total. The van der Waals surface area contributed by atoms with Crippen LogP contribution in [0.3, 0.4) is 0 Å². The molecule has 0 heterocycles. The molecular weight excluding hydrogens is 294 g/mol. The quantitative estimate of drug-likeness (QED) is 0.312. The van der Waals surface area contributed by atoms with Gasteiger partial charge in [-0.05, 0) is 13.0 Å². The fraction of sp³-hybridized carbons (Fsp3) is 0.143. The van der Waals surface area contributed by atoms with Crippen molar-refractivity contribution in [2.24, 2.45) is 0 Å². The van der Waals surface area contributed by atoms with E-state index >= 15 is 0 Å². The van der Waals surface area contributed by atoms with Gasteiger partial charge in [-0.3, -0.25) is 10.1 Å². The number of nitro groups is 1. The molecule has 1 aromatic carbocycles. The summed E-state index contributed by atoms with van der Waals surface area (Å²) in [7, 11) is 0. The van der Waals surface area contributed by atoms with Crippen molar-refractivity contribution >= 4 is 23.8 Å². The van der Waals surface area contributed by atoms with Gasteiger partial charge in [0.05, 0.1) is 4.92 Å². The van der Waals surface area contributed by atoms with Crippen LogP contribution in [0.25, 0.3) is 4.98 Å². The molecule has 0 aliphatic carbocycles. The molecule has 0 saturated carbocycles. The van der Waals surface area contributed by atoms with Gasteiger partial charge in [-0.1, -0.05) is 0 Å². The molecule has 5 nitrogen and oxygen atoms in total. The summed E-state index contributed by atoms with van der Waals surface area (Å²) >= 11 is 0. The summed E-state index contributed by atoms with van der Waals surface area (Å²) in [6.45, 7) is 1.71. The van der Waals surface area contributed by atoms with E-state index < -0.39 is 4.92 Å². The second-order valence-electron chi connectivity index (χ2n) is 2.33. The molecule has 1 rings (SSSR count). The summed E-state index contributed by atoms with van der Waals surface area (Å²) in [4.78, 5) is 12.6. The number of diazo groups is 1. The average molecular weight is 301 g/mol. The topological polar surface area (TPSA) is 71.3 Å². The van der Waals surface area contributed by atoms with Gasteiger partial charge in [0.2, 0.25) is 5.39 Å². The van der Waals surface area contributed by atoms with Gasteiger partial charge in [0.25, 0.3) is 5.69 Å². The number of non-ortho nitro benzene ring substituents is 1. The zero-order chi connectivity index (χ0) is 9.14. The molecule has 76 valence electrons. The van der Waals surface area contributed by atoms with Crippen molar-refractivity contribution in [3.05, 3.63) is 38.9 Å². The number of halogens is 2. The van der Waals surface area contributed by atoms with E-state index in [1.54, 1.807) is 6.92 Å². The molecule has 0 saturated heterocycles. The molecule has 0 bridgehead atoms. The molecule has 0 amide bonds. The van der Waals surface area contributed by atoms with Crippen molar-refractivity contribution < 1.29 is 36.8 Å². The van der Waals surface area contributed by atoms with Crippen molar-refractivity contribution in [1.29, 1.82) is 5.39 Å². The van der Waals surface area contributed by atoms with Crippen LogP contribution < -0.4 is 12.4 Å². The minimum atomic E-state index is -0.534. The van der Waals surface area contributed by atoms with E-state index in [1.165, 1.54) is 18.2 Å². The number of aryl methyl sites for hydroxylation is 1. The Morgan fingerprint density at radius 2 is 2.00 bits per heavy atom. The van der Waals surface area contributed by atoms with Gasteiger partial charge in [-0.25, -0.2) is 0 Å². The second kappa shape index (κ2) is 8.54. The summed E-state index contributed by atoms with van der Waals surface area (Å²) in [5.41, 5.74) is 0.848. The first kappa shape index (κ1) is 19.8. The zero-order valence-corrected chi connectivity index (χ0v) is 12.4. The van der Waals surface area contributed by atoms with Crippen molar-refractivity contribution in [2.75, 3.05) is 0 Å². The summed E-state index contributed by atoms with van der Waals surface area (Å²) in [5, 5.41) is 18.7. The molecule has 0 aromatic heterocycles. The van der Waals surface area contributed by atoms with Crippen LogP contribution in [-0.2, 0) is 19.5 Å². The van der Waals surface area contributed by atoms with Crippen LogP contribution in [0.5, 0.6) is 0 Å². The first-order chi connectivity index (χ1) is 5.65. The van der Waals surface area contributed by atoms with Crippen molar-refractivity contribution in [2.45, 2.75) is 6.92 Å². The number of benzene rings is 1. The van der Waals surface area contributed by atoms with Gasteiger partial charge in [0.1, 0.15) is 6.07 Å². The third-order valence-corrected chi connectivity index (χ3v) is 1.51. The van der Waals surface area contributed by atoms with Crippen LogP contribution in [0.15, 0.2) is 18.2 Å². The van der Waals surface area contributed by atoms with Gasteiger partial charge < -0.3 is 12.4 Å². The summed E-state index contributed by atoms with van der Waals surface area (Å²) < 4.78 is 0. The SMILES string of the molecule is Cc1ccc([N+](=O)[O-])cc1[N+]#N.Cl.[Cl-].[Zn+2]. The van der Waals surface area contributed by atoms with E-state index in [9.17, 15) is 10.1 Å². The van der Waals surface area contributed by atoms with E-state index in [0.717, 1.165) is 0 Å². The number of hydrogen-bond donors (Lipinski definition) is 0. The minimum absolute atomic E-state index is 0. The number of nitro benzene ring substituents is 1. The molecule has 0 radical (unpaired) electrons. The molecule has 0 atom stereocenters. The average Bonchev–Trinajstić information content (AvgIpc) is 2.05. The van der Waals surface area contributed by atoms with Gasteiger partial charge in [0.15, 0.2) is 4.98 Å². The molecule has 0 aliphatic rings. The normalized spacial score (nSPS) is 7.20. The molecule has 15 heavy (non-hydrogen) atoms. The maximum absolute atomic E-state index is 10.3. The number of hydrogen-bond acceptors (Lipinski definition) is 3. The summed E-state index contributed by atoms with van der Waals surface area (Å²) in [5.74, 6) is 0. The Morgan fingerprint density at radius 3 is 2.40 bits per heavy atom. The summed E-state index contributed by atoms with van der Waals surface area (Å²) in [6.07, 6.45) is 0. The monoisotopic (exact) mass is 299 g/mol. The fourth-order valence-electron chi connectivity index (χ4n) is 0.819. The van der Waals surface area contributed by atoms with Crippen molar-refractivity contribution in [3.63, 3.8) is 0 Å². The number of nitrogens with zero attached hydrogens (tertiary/aromatic N) is 3. The fourth-order valence-corrected chi connectivity index (χ4v) is 0.819. The van der Waals surface area contributed by atoms with Crippen LogP contribution in [0.2, 0.25) is 0 Å². The third kappa shape index (κ3) is 5.03. The molecule has 0 fully saturated rings. The Kier molecular flexibility index (Phi) is 11.3. The third-order valence-electron chi connectivity index (χ3n) is 1.51. The summed E-state index contributed by atoms with van der Waals surface area (Å²) in [6, 6.07) is 4.12. The van der Waals surface area contributed by atoms with Crippen LogP contribution >= 0.6 is 12.4 Å². The first-order valence-corrected chi connectivity index (χ1v) is 3.25. The van der Waals surface area contributed by atoms with Gasteiger partial charge in [-0.2, -0.15) is 0 Å². The van der Waals surface area contributed by atoms with Crippen LogP contribution in [0, 0.1) is 22.4 Å². The Bertz CT molecular complexity index is 381. The largest absolute Gasteiger partial charge is 2.00 e. The van der Waals surface area contributed by atoms with Crippen LogP contribution in [-0.4, -0.2) is 4.92 Å². The van der Waals surface area contributed by atoms with Crippen molar-refractivity contribution in [1.82, 2.24) is 0 Å². The first-order valence-electron chi connectivity index (χ1n) is 3.25. The maximum Gasteiger partial charge on any atom is 2.00 e. The minimum Gasteiger partial charge on any atom is -1.00 e. The predicted molar refractivity (Wildman–Crippen MR) is 49.8 cm³/mol. The molecule has 8 heteroatoms. The molecular formula is C7H7Cl2N3O2Zn+2. The van der Waals surface area contributed by atoms with Crippen molar-refractivity contribution in [3.8, 4) is 0 Å². The molecule has 0 unspecified atom stereocenters. The molecule has 0 spiro atoms. The van der Waals surface area contributed by atoms with Gasteiger partial charge >= 0.3 is 25.2 Å². The Balaban J connectivity index is -0.000000480. The Hall–Kier alpha value is -0.757. The van der Waals surface area contributed by atoms with E-state index in [2.05, 4.69) is 4.98 Å². The van der Waals surface area contributed by atoms with E-state index in [-0.39, 0.29) is 55.7 Å². The maximum atomic E-state index is 10.3. The molecule has 0 aliphatic heterocycles. The second-order valence-corrected chi connectivity index (χ2v) is 2.33. The van der Waals surface area contributed by atoms with Gasteiger partial charge in [0, 0.05) is 11.6 Å².